The maximum absolute atomic E-state index is 12.2. The van der Waals surface area contributed by atoms with Crippen molar-refractivity contribution in [2.75, 3.05) is 18.9 Å². The van der Waals surface area contributed by atoms with Crippen LogP contribution in [0.1, 0.15) is 5.56 Å². The number of nitrogens with zero attached hydrogens (tertiary/aromatic N) is 2. The summed E-state index contributed by atoms with van der Waals surface area (Å²) < 4.78 is 27.0. The minimum atomic E-state index is -3.57. The molecule has 0 fully saturated rings. The van der Waals surface area contributed by atoms with Crippen molar-refractivity contribution in [2.45, 2.75) is 11.3 Å². The van der Waals surface area contributed by atoms with Gasteiger partial charge in [-0.3, -0.25) is 4.98 Å². The van der Waals surface area contributed by atoms with E-state index in [0.717, 1.165) is 5.56 Å². The van der Waals surface area contributed by atoms with Crippen LogP contribution in [-0.2, 0) is 16.4 Å². The first kappa shape index (κ1) is 14.4. The van der Waals surface area contributed by atoms with E-state index in [9.17, 15) is 8.42 Å². The van der Waals surface area contributed by atoms with Crippen LogP contribution in [0, 0.1) is 0 Å². The van der Waals surface area contributed by atoms with Gasteiger partial charge in [0.2, 0.25) is 10.0 Å². The molecule has 20 heavy (non-hydrogen) atoms. The third-order valence-corrected chi connectivity index (χ3v) is 4.22. The van der Waals surface area contributed by atoms with Crippen LogP contribution in [0.4, 0.5) is 5.82 Å². The van der Waals surface area contributed by atoms with Crippen molar-refractivity contribution in [1.82, 2.24) is 14.7 Å². The fourth-order valence-corrected chi connectivity index (χ4v) is 2.94. The van der Waals surface area contributed by atoms with Crippen LogP contribution < -0.4 is 10.0 Å². The van der Waals surface area contributed by atoms with Crippen LogP contribution in [0.15, 0.2) is 47.8 Å². The van der Waals surface area contributed by atoms with Crippen molar-refractivity contribution in [2.24, 2.45) is 0 Å². The number of pyridine rings is 2. The molecule has 0 aromatic carbocycles. The topological polar surface area (TPSA) is 84.0 Å². The van der Waals surface area contributed by atoms with E-state index in [1.165, 1.54) is 6.07 Å². The summed E-state index contributed by atoms with van der Waals surface area (Å²) in [7, 11) is -1.93. The molecule has 0 aliphatic carbocycles. The van der Waals surface area contributed by atoms with Crippen LogP contribution >= 0.6 is 0 Å². The Morgan fingerprint density at radius 2 is 2.00 bits per heavy atom. The second-order valence-corrected chi connectivity index (χ2v) is 5.84. The fourth-order valence-electron chi connectivity index (χ4n) is 1.75. The Labute approximate surface area is 118 Å². The summed E-state index contributed by atoms with van der Waals surface area (Å²) in [5.74, 6) is 0.335. The average molecular weight is 292 g/mol. The Kier molecular flexibility index (Phi) is 4.65. The van der Waals surface area contributed by atoms with Crippen molar-refractivity contribution in [3.8, 4) is 0 Å². The Balaban J connectivity index is 2.04. The van der Waals surface area contributed by atoms with Gasteiger partial charge in [-0.1, -0.05) is 6.07 Å². The standard InChI is InChI=1S/C13H16N4O2S/c1-14-13-12(5-3-8-16-13)20(18,19)17-9-6-11-4-2-7-15-10-11/h2-5,7-8,10,17H,6,9H2,1H3,(H,14,16). The minimum absolute atomic E-state index is 0.147. The molecule has 0 saturated heterocycles. The smallest absolute Gasteiger partial charge is 0.244 e. The number of sulfonamides is 1. The van der Waals surface area contributed by atoms with Gasteiger partial charge >= 0.3 is 0 Å². The van der Waals surface area contributed by atoms with Crippen molar-refractivity contribution in [3.63, 3.8) is 0 Å². The lowest BCUT2D eigenvalue weighted by Crippen LogP contribution is -2.27. The molecule has 2 aromatic rings. The third kappa shape index (κ3) is 3.52. The lowest BCUT2D eigenvalue weighted by Gasteiger charge is -2.10. The van der Waals surface area contributed by atoms with Gasteiger partial charge in [0, 0.05) is 32.2 Å². The number of rotatable bonds is 6. The van der Waals surface area contributed by atoms with Crippen LogP contribution in [0.25, 0.3) is 0 Å². The van der Waals surface area contributed by atoms with E-state index < -0.39 is 10.0 Å². The van der Waals surface area contributed by atoms with E-state index in [4.69, 9.17) is 0 Å². The Hall–Kier alpha value is -1.99. The number of aromatic nitrogens is 2. The van der Waals surface area contributed by atoms with Gasteiger partial charge in [-0.15, -0.1) is 0 Å². The van der Waals surface area contributed by atoms with Crippen LogP contribution in [-0.4, -0.2) is 32.0 Å². The molecule has 0 radical (unpaired) electrons. The zero-order valence-corrected chi connectivity index (χ0v) is 11.9. The lowest BCUT2D eigenvalue weighted by molar-refractivity contribution is 0.581. The van der Waals surface area contributed by atoms with Gasteiger partial charge in [-0.25, -0.2) is 18.1 Å². The van der Waals surface area contributed by atoms with Gasteiger partial charge in [0.15, 0.2) is 0 Å². The summed E-state index contributed by atoms with van der Waals surface area (Å²) >= 11 is 0. The highest BCUT2D eigenvalue weighted by molar-refractivity contribution is 7.89. The quantitative estimate of drug-likeness (QED) is 0.831. The average Bonchev–Trinajstić information content (AvgIpc) is 2.48. The molecule has 2 aromatic heterocycles. The van der Waals surface area contributed by atoms with E-state index >= 15 is 0 Å². The SMILES string of the molecule is CNc1ncccc1S(=O)(=O)NCCc1cccnc1. The maximum atomic E-state index is 12.2. The van der Waals surface area contributed by atoms with Crippen molar-refractivity contribution < 1.29 is 8.42 Å². The zero-order valence-electron chi connectivity index (χ0n) is 11.1. The summed E-state index contributed by atoms with van der Waals surface area (Å²) in [5, 5.41) is 2.77. The van der Waals surface area contributed by atoms with E-state index in [1.54, 1.807) is 31.7 Å². The lowest BCUT2D eigenvalue weighted by atomic mass is 10.2. The van der Waals surface area contributed by atoms with Crippen LogP contribution in [0.3, 0.4) is 0 Å². The first-order valence-corrected chi connectivity index (χ1v) is 7.63. The molecule has 2 N–H and O–H groups in total. The second kappa shape index (κ2) is 6.44. The number of hydrogen-bond acceptors (Lipinski definition) is 5. The molecular weight excluding hydrogens is 276 g/mol. The third-order valence-electron chi connectivity index (χ3n) is 2.73. The molecule has 0 bridgehead atoms. The van der Waals surface area contributed by atoms with Gasteiger partial charge in [0.1, 0.15) is 10.7 Å². The second-order valence-electron chi connectivity index (χ2n) is 4.11. The molecule has 0 aliphatic heterocycles. The highest BCUT2D eigenvalue weighted by atomic mass is 32.2. The van der Waals surface area contributed by atoms with Crippen molar-refractivity contribution in [1.29, 1.82) is 0 Å². The molecule has 106 valence electrons. The Bertz CT molecular complexity index is 659. The number of anilines is 1. The Morgan fingerprint density at radius 1 is 1.20 bits per heavy atom. The molecule has 0 atom stereocenters. The van der Waals surface area contributed by atoms with Crippen LogP contribution in [0.5, 0.6) is 0 Å². The predicted octanol–water partition coefficient (Wildman–Crippen LogP) is 1.04. The molecule has 2 heterocycles. The minimum Gasteiger partial charge on any atom is -0.372 e. The molecule has 0 unspecified atom stereocenters. The molecule has 0 spiro atoms. The molecule has 0 saturated carbocycles. The molecule has 0 amide bonds. The summed E-state index contributed by atoms with van der Waals surface area (Å²) in [5.41, 5.74) is 0.982. The molecule has 7 heteroatoms. The van der Waals surface area contributed by atoms with Gasteiger partial charge in [-0.05, 0) is 30.2 Å². The molecule has 0 aliphatic rings. The summed E-state index contributed by atoms with van der Waals surface area (Å²) in [4.78, 5) is 8.12. The fraction of sp³-hybridized carbons (Fsp3) is 0.231. The first-order valence-electron chi connectivity index (χ1n) is 6.15. The van der Waals surface area contributed by atoms with E-state index in [1.807, 2.05) is 12.1 Å². The number of nitrogens with one attached hydrogen (secondary N) is 2. The number of hydrogen-bond donors (Lipinski definition) is 2. The van der Waals surface area contributed by atoms with E-state index in [2.05, 4.69) is 20.0 Å². The van der Waals surface area contributed by atoms with Gasteiger partial charge in [0.25, 0.3) is 0 Å². The Morgan fingerprint density at radius 3 is 2.70 bits per heavy atom. The summed E-state index contributed by atoms with van der Waals surface area (Å²) in [6.07, 6.45) is 5.53. The predicted molar refractivity (Wildman–Crippen MR) is 76.9 cm³/mol. The van der Waals surface area contributed by atoms with Gasteiger partial charge in [-0.2, -0.15) is 0 Å². The summed E-state index contributed by atoms with van der Waals surface area (Å²) in [6, 6.07) is 6.84. The monoisotopic (exact) mass is 292 g/mol. The largest absolute Gasteiger partial charge is 0.372 e. The van der Waals surface area contributed by atoms with E-state index in [0.29, 0.717) is 18.8 Å². The molecule has 6 nitrogen and oxygen atoms in total. The molecule has 2 rings (SSSR count). The van der Waals surface area contributed by atoms with Gasteiger partial charge < -0.3 is 5.32 Å². The maximum Gasteiger partial charge on any atom is 0.244 e. The van der Waals surface area contributed by atoms with Crippen molar-refractivity contribution >= 4 is 15.8 Å². The highest BCUT2D eigenvalue weighted by Gasteiger charge is 2.17. The zero-order chi connectivity index (χ0) is 14.4. The van der Waals surface area contributed by atoms with Crippen LogP contribution in [0.2, 0.25) is 0 Å². The normalized spacial score (nSPS) is 11.2. The van der Waals surface area contributed by atoms with Crippen molar-refractivity contribution in [3.05, 3.63) is 48.4 Å². The van der Waals surface area contributed by atoms with E-state index in [-0.39, 0.29) is 4.90 Å². The molecular formula is C13H16N4O2S. The summed E-state index contributed by atoms with van der Waals surface area (Å²) in [6.45, 7) is 0.312. The highest BCUT2D eigenvalue weighted by Crippen LogP contribution is 2.16. The first-order chi connectivity index (χ1) is 9.63. The van der Waals surface area contributed by atoms with Gasteiger partial charge in [0.05, 0.1) is 0 Å².